The quantitative estimate of drug-likeness (QED) is 0.677. The standard InChI is InChI=1S/C23H23N3O4/c1-15-12-24-23(30-15)17-4-3-5-19(10-17)25-22(28)18-11-21(27)26(14-18)13-16-6-8-20(29-2)9-7-16/h3-10,12,18H,11,13-14H2,1-2H3,(H,25,28). The first-order valence-electron chi connectivity index (χ1n) is 9.76. The van der Waals surface area contributed by atoms with Crippen molar-refractivity contribution in [2.75, 3.05) is 19.0 Å². The lowest BCUT2D eigenvalue weighted by molar-refractivity contribution is -0.128. The average Bonchev–Trinajstić information content (AvgIpc) is 3.35. The second-order valence-electron chi connectivity index (χ2n) is 7.37. The predicted molar refractivity (Wildman–Crippen MR) is 112 cm³/mol. The maximum absolute atomic E-state index is 12.7. The van der Waals surface area contributed by atoms with Crippen LogP contribution >= 0.6 is 0 Å². The van der Waals surface area contributed by atoms with Gasteiger partial charge in [0.05, 0.1) is 19.2 Å². The number of nitrogens with zero attached hydrogens (tertiary/aromatic N) is 2. The van der Waals surface area contributed by atoms with Gasteiger partial charge in [0.25, 0.3) is 0 Å². The number of amides is 2. The van der Waals surface area contributed by atoms with Gasteiger partial charge in [0.1, 0.15) is 11.5 Å². The van der Waals surface area contributed by atoms with E-state index in [1.807, 2.05) is 55.5 Å². The molecule has 2 aromatic carbocycles. The van der Waals surface area contributed by atoms with Crippen LogP contribution in [-0.4, -0.2) is 35.4 Å². The summed E-state index contributed by atoms with van der Waals surface area (Å²) in [4.78, 5) is 31.1. The number of carbonyl (C=O) groups is 2. The molecule has 1 saturated heterocycles. The van der Waals surface area contributed by atoms with E-state index in [2.05, 4.69) is 10.3 Å². The number of rotatable bonds is 6. The van der Waals surface area contributed by atoms with Gasteiger partial charge in [-0.3, -0.25) is 9.59 Å². The van der Waals surface area contributed by atoms with Gasteiger partial charge in [0.15, 0.2) is 0 Å². The Morgan fingerprint density at radius 1 is 1.27 bits per heavy atom. The van der Waals surface area contributed by atoms with E-state index in [9.17, 15) is 9.59 Å². The molecule has 7 heteroatoms. The van der Waals surface area contributed by atoms with Crippen molar-refractivity contribution in [3.05, 3.63) is 66.1 Å². The molecule has 1 unspecified atom stereocenters. The van der Waals surface area contributed by atoms with Crippen LogP contribution in [-0.2, 0) is 16.1 Å². The van der Waals surface area contributed by atoms with Crippen molar-refractivity contribution in [3.8, 4) is 17.2 Å². The molecule has 2 heterocycles. The van der Waals surface area contributed by atoms with Crippen molar-refractivity contribution in [2.45, 2.75) is 19.9 Å². The number of oxazole rings is 1. The highest BCUT2D eigenvalue weighted by molar-refractivity contribution is 5.97. The minimum Gasteiger partial charge on any atom is -0.497 e. The zero-order valence-electron chi connectivity index (χ0n) is 16.9. The fourth-order valence-corrected chi connectivity index (χ4v) is 3.51. The van der Waals surface area contributed by atoms with E-state index in [-0.39, 0.29) is 24.2 Å². The zero-order valence-corrected chi connectivity index (χ0v) is 16.9. The molecule has 0 saturated carbocycles. The summed E-state index contributed by atoms with van der Waals surface area (Å²) >= 11 is 0. The highest BCUT2D eigenvalue weighted by atomic mass is 16.5. The molecule has 2 amide bonds. The molecule has 1 aliphatic heterocycles. The SMILES string of the molecule is COc1ccc(CN2CC(C(=O)Nc3cccc(-c4ncc(C)o4)c3)CC2=O)cc1. The Bertz CT molecular complexity index is 1060. The van der Waals surface area contributed by atoms with Crippen LogP contribution in [0.5, 0.6) is 5.75 Å². The van der Waals surface area contributed by atoms with E-state index < -0.39 is 0 Å². The third-order valence-corrected chi connectivity index (χ3v) is 5.12. The number of carbonyl (C=O) groups excluding carboxylic acids is 2. The first-order valence-corrected chi connectivity index (χ1v) is 9.76. The number of benzene rings is 2. The number of aromatic nitrogens is 1. The molecule has 0 radical (unpaired) electrons. The monoisotopic (exact) mass is 405 g/mol. The van der Waals surface area contributed by atoms with Gasteiger partial charge in [0, 0.05) is 30.8 Å². The van der Waals surface area contributed by atoms with E-state index in [0.29, 0.717) is 24.7 Å². The van der Waals surface area contributed by atoms with Crippen molar-refractivity contribution in [1.29, 1.82) is 0 Å². The topological polar surface area (TPSA) is 84.7 Å². The summed E-state index contributed by atoms with van der Waals surface area (Å²) in [5.74, 6) is 1.43. The third kappa shape index (κ3) is 4.35. The smallest absolute Gasteiger partial charge is 0.229 e. The van der Waals surface area contributed by atoms with Gasteiger partial charge in [0.2, 0.25) is 17.7 Å². The second-order valence-corrected chi connectivity index (χ2v) is 7.37. The van der Waals surface area contributed by atoms with E-state index in [0.717, 1.165) is 22.6 Å². The maximum Gasteiger partial charge on any atom is 0.229 e. The Kier molecular flexibility index (Phi) is 5.52. The normalized spacial score (nSPS) is 16.0. The molecular weight excluding hydrogens is 382 g/mol. The molecule has 154 valence electrons. The summed E-state index contributed by atoms with van der Waals surface area (Å²) in [5, 5.41) is 2.92. The fraction of sp³-hybridized carbons (Fsp3) is 0.261. The largest absolute Gasteiger partial charge is 0.497 e. The number of hydrogen-bond donors (Lipinski definition) is 1. The van der Waals surface area contributed by atoms with E-state index in [1.165, 1.54) is 0 Å². The van der Waals surface area contributed by atoms with Gasteiger partial charge in [-0.15, -0.1) is 0 Å². The van der Waals surface area contributed by atoms with Crippen molar-refractivity contribution in [3.63, 3.8) is 0 Å². The molecule has 0 aliphatic carbocycles. The van der Waals surface area contributed by atoms with Crippen LogP contribution in [0.3, 0.4) is 0 Å². The number of likely N-dealkylation sites (tertiary alicyclic amines) is 1. The lowest BCUT2D eigenvalue weighted by Crippen LogP contribution is -2.28. The summed E-state index contributed by atoms with van der Waals surface area (Å²) in [6.45, 7) is 2.71. The van der Waals surface area contributed by atoms with E-state index >= 15 is 0 Å². The van der Waals surface area contributed by atoms with Gasteiger partial charge < -0.3 is 19.4 Å². The summed E-state index contributed by atoms with van der Waals surface area (Å²) in [6.07, 6.45) is 1.86. The van der Waals surface area contributed by atoms with E-state index in [4.69, 9.17) is 9.15 Å². The molecule has 1 aliphatic rings. The Morgan fingerprint density at radius 2 is 2.07 bits per heavy atom. The van der Waals surface area contributed by atoms with Crippen LogP contribution in [0.15, 0.2) is 59.1 Å². The summed E-state index contributed by atoms with van der Waals surface area (Å²) in [7, 11) is 1.62. The molecule has 4 rings (SSSR count). The fourth-order valence-electron chi connectivity index (χ4n) is 3.51. The Morgan fingerprint density at radius 3 is 2.77 bits per heavy atom. The number of ether oxygens (including phenoxy) is 1. The van der Waals surface area contributed by atoms with Crippen LogP contribution in [0.25, 0.3) is 11.5 Å². The Labute approximate surface area is 174 Å². The van der Waals surface area contributed by atoms with Gasteiger partial charge in [-0.1, -0.05) is 18.2 Å². The number of nitrogens with one attached hydrogen (secondary N) is 1. The number of anilines is 1. The van der Waals surface area contributed by atoms with Gasteiger partial charge in [-0.25, -0.2) is 4.98 Å². The summed E-state index contributed by atoms with van der Waals surface area (Å²) < 4.78 is 10.7. The number of hydrogen-bond acceptors (Lipinski definition) is 5. The minimum absolute atomic E-state index is 0.0185. The van der Waals surface area contributed by atoms with Crippen molar-refractivity contribution >= 4 is 17.5 Å². The molecule has 1 fully saturated rings. The molecule has 0 bridgehead atoms. The van der Waals surface area contributed by atoms with Crippen LogP contribution < -0.4 is 10.1 Å². The minimum atomic E-state index is -0.386. The van der Waals surface area contributed by atoms with Crippen LogP contribution in [0.4, 0.5) is 5.69 Å². The first-order chi connectivity index (χ1) is 14.5. The van der Waals surface area contributed by atoms with Crippen LogP contribution in [0, 0.1) is 12.8 Å². The first kappa shape index (κ1) is 19.7. The molecule has 30 heavy (non-hydrogen) atoms. The Balaban J connectivity index is 1.39. The van der Waals surface area contributed by atoms with Crippen LogP contribution in [0.2, 0.25) is 0 Å². The van der Waals surface area contributed by atoms with Crippen molar-refractivity contribution in [2.24, 2.45) is 5.92 Å². The van der Waals surface area contributed by atoms with Gasteiger partial charge >= 0.3 is 0 Å². The second kappa shape index (κ2) is 8.41. The lowest BCUT2D eigenvalue weighted by atomic mass is 10.1. The molecule has 3 aromatic rings. The molecule has 1 N–H and O–H groups in total. The zero-order chi connectivity index (χ0) is 21.1. The summed E-state index contributed by atoms with van der Waals surface area (Å²) in [6, 6.07) is 14.9. The summed E-state index contributed by atoms with van der Waals surface area (Å²) in [5.41, 5.74) is 2.43. The molecular formula is C23H23N3O4. The maximum atomic E-state index is 12.7. The van der Waals surface area contributed by atoms with Gasteiger partial charge in [-0.2, -0.15) is 0 Å². The molecule has 1 aromatic heterocycles. The van der Waals surface area contributed by atoms with Crippen molar-refractivity contribution in [1.82, 2.24) is 9.88 Å². The number of aryl methyl sites for hydroxylation is 1. The molecule has 1 atom stereocenters. The predicted octanol–water partition coefficient (Wildman–Crippen LogP) is 3.65. The van der Waals surface area contributed by atoms with Crippen molar-refractivity contribution < 1.29 is 18.7 Å². The molecule has 7 nitrogen and oxygen atoms in total. The van der Waals surface area contributed by atoms with E-state index in [1.54, 1.807) is 18.2 Å². The Hall–Kier alpha value is -3.61. The molecule has 0 spiro atoms. The third-order valence-electron chi connectivity index (χ3n) is 5.12. The highest BCUT2D eigenvalue weighted by Gasteiger charge is 2.34. The highest BCUT2D eigenvalue weighted by Crippen LogP contribution is 2.25. The lowest BCUT2D eigenvalue weighted by Gasteiger charge is -2.17. The average molecular weight is 405 g/mol. The van der Waals surface area contributed by atoms with Crippen LogP contribution in [0.1, 0.15) is 17.7 Å². The number of methoxy groups -OCH3 is 1. The van der Waals surface area contributed by atoms with Gasteiger partial charge in [-0.05, 0) is 42.8 Å².